The molecule has 0 spiro atoms. The van der Waals surface area contributed by atoms with Crippen LogP contribution in [0.15, 0.2) is 67.1 Å². The van der Waals surface area contributed by atoms with Gasteiger partial charge in [0, 0.05) is 21.0 Å². The first kappa shape index (κ1) is 14.2. The van der Waals surface area contributed by atoms with Gasteiger partial charge in [0.15, 0.2) is 5.65 Å². The van der Waals surface area contributed by atoms with E-state index in [0.29, 0.717) is 5.82 Å². The second kappa shape index (κ2) is 5.66. The number of benzene rings is 2. The molecule has 23 heavy (non-hydrogen) atoms. The Kier molecular flexibility index (Phi) is 3.49. The van der Waals surface area contributed by atoms with Crippen LogP contribution in [-0.2, 0) is 0 Å². The average Bonchev–Trinajstić information content (AvgIpc) is 2.97. The third-order valence-corrected chi connectivity index (χ3v) is 4.52. The van der Waals surface area contributed by atoms with E-state index in [4.69, 9.17) is 5.73 Å². The zero-order valence-electron chi connectivity index (χ0n) is 12.1. The van der Waals surface area contributed by atoms with Crippen molar-refractivity contribution in [2.24, 2.45) is 0 Å². The van der Waals surface area contributed by atoms with Gasteiger partial charge in [0.1, 0.15) is 12.1 Å². The van der Waals surface area contributed by atoms with Crippen LogP contribution >= 0.6 is 22.6 Å². The molecule has 0 radical (unpaired) electrons. The number of rotatable bonds is 2. The van der Waals surface area contributed by atoms with Gasteiger partial charge in [-0.05, 0) is 52.4 Å². The van der Waals surface area contributed by atoms with Gasteiger partial charge in [0.2, 0.25) is 0 Å². The van der Waals surface area contributed by atoms with Crippen LogP contribution in [-0.4, -0.2) is 14.5 Å². The molecule has 0 saturated carbocycles. The summed E-state index contributed by atoms with van der Waals surface area (Å²) in [6.07, 6.45) is 3.59. The van der Waals surface area contributed by atoms with Crippen molar-refractivity contribution in [3.05, 3.63) is 70.7 Å². The maximum absolute atomic E-state index is 6.14. The van der Waals surface area contributed by atoms with Crippen molar-refractivity contribution < 1.29 is 0 Å². The largest absolute Gasteiger partial charge is 0.383 e. The van der Waals surface area contributed by atoms with Gasteiger partial charge in [0.25, 0.3) is 0 Å². The number of aromatic nitrogens is 3. The van der Waals surface area contributed by atoms with Crippen LogP contribution in [0.25, 0.3) is 27.8 Å². The molecular weight excluding hydrogens is 399 g/mol. The first-order valence-electron chi connectivity index (χ1n) is 7.17. The molecule has 4 rings (SSSR count). The Morgan fingerprint density at radius 2 is 1.65 bits per heavy atom. The van der Waals surface area contributed by atoms with Crippen LogP contribution in [0.3, 0.4) is 0 Å². The Bertz CT molecular complexity index is 975. The molecule has 2 N–H and O–H groups in total. The van der Waals surface area contributed by atoms with E-state index in [2.05, 4.69) is 79.7 Å². The quantitative estimate of drug-likeness (QED) is 0.501. The summed E-state index contributed by atoms with van der Waals surface area (Å²) in [6, 6.07) is 18.5. The molecule has 112 valence electrons. The minimum Gasteiger partial charge on any atom is -0.383 e. The fourth-order valence-electron chi connectivity index (χ4n) is 2.72. The predicted molar refractivity (Wildman–Crippen MR) is 101 cm³/mol. The first-order valence-corrected chi connectivity index (χ1v) is 8.25. The molecule has 2 heterocycles. The van der Waals surface area contributed by atoms with Gasteiger partial charge in [-0.2, -0.15) is 0 Å². The normalized spacial score (nSPS) is 11.0. The van der Waals surface area contributed by atoms with Crippen LogP contribution in [0.4, 0.5) is 5.82 Å². The van der Waals surface area contributed by atoms with Gasteiger partial charge in [0.05, 0.1) is 5.39 Å². The molecule has 0 unspecified atom stereocenters. The Morgan fingerprint density at radius 1 is 0.913 bits per heavy atom. The summed E-state index contributed by atoms with van der Waals surface area (Å²) in [7, 11) is 0. The molecule has 5 heteroatoms. The summed E-state index contributed by atoms with van der Waals surface area (Å²) in [5.74, 6) is 0.498. The maximum Gasteiger partial charge on any atom is 0.150 e. The van der Waals surface area contributed by atoms with Crippen LogP contribution in [0, 0.1) is 3.57 Å². The van der Waals surface area contributed by atoms with E-state index in [-0.39, 0.29) is 0 Å². The summed E-state index contributed by atoms with van der Waals surface area (Å²) in [5.41, 5.74) is 10.2. The molecule has 0 aliphatic rings. The van der Waals surface area contributed by atoms with E-state index in [0.717, 1.165) is 27.8 Å². The zero-order chi connectivity index (χ0) is 15.8. The van der Waals surface area contributed by atoms with Gasteiger partial charge in [-0.3, -0.25) is 0 Å². The summed E-state index contributed by atoms with van der Waals surface area (Å²) >= 11 is 2.30. The number of nitrogens with two attached hydrogens (primary N) is 1. The average molecular weight is 412 g/mol. The van der Waals surface area contributed by atoms with Gasteiger partial charge in [-0.25, -0.2) is 9.97 Å². The molecular formula is C18H13IN4. The van der Waals surface area contributed by atoms with Gasteiger partial charge in [-0.1, -0.05) is 30.3 Å². The Hall–Kier alpha value is -2.41. The molecule has 4 nitrogen and oxygen atoms in total. The van der Waals surface area contributed by atoms with Crippen molar-refractivity contribution in [3.63, 3.8) is 0 Å². The number of fused-ring (bicyclic) bond motifs is 1. The predicted octanol–water partition coefficient (Wildman–Crippen LogP) is 4.27. The fraction of sp³-hybridized carbons (Fsp3) is 0. The van der Waals surface area contributed by atoms with E-state index >= 15 is 0 Å². The minimum absolute atomic E-state index is 0.498. The molecule has 4 aromatic rings. The number of hydrogen-bond donors (Lipinski definition) is 1. The topological polar surface area (TPSA) is 56.7 Å². The van der Waals surface area contributed by atoms with Gasteiger partial charge < -0.3 is 10.3 Å². The highest BCUT2D eigenvalue weighted by Gasteiger charge is 2.15. The van der Waals surface area contributed by atoms with Gasteiger partial charge in [-0.15, -0.1) is 0 Å². The summed E-state index contributed by atoms with van der Waals surface area (Å²) < 4.78 is 3.26. The van der Waals surface area contributed by atoms with Crippen LogP contribution in [0.2, 0.25) is 0 Å². The molecule has 2 aromatic heterocycles. The number of nitrogen functional groups attached to an aromatic ring is 1. The van der Waals surface area contributed by atoms with Crippen LogP contribution < -0.4 is 5.73 Å². The number of hydrogen-bond acceptors (Lipinski definition) is 3. The number of anilines is 1. The highest BCUT2D eigenvalue weighted by molar-refractivity contribution is 14.1. The minimum atomic E-state index is 0.498. The standard InChI is InChI=1S/C18H13IN4/c19-13-6-8-14(9-7-13)23-10-15(12-4-2-1-3-5-12)16-17(20)21-11-22-18(16)23/h1-11H,(H2,20,21,22). The lowest BCUT2D eigenvalue weighted by molar-refractivity contribution is 1.08. The highest BCUT2D eigenvalue weighted by atomic mass is 127. The van der Waals surface area contributed by atoms with Crippen molar-refractivity contribution in [1.82, 2.24) is 14.5 Å². The molecule has 0 aliphatic heterocycles. The Balaban J connectivity index is 2.03. The summed E-state index contributed by atoms with van der Waals surface area (Å²) in [5, 5.41) is 0.886. The third-order valence-electron chi connectivity index (χ3n) is 3.80. The monoisotopic (exact) mass is 412 g/mol. The van der Waals surface area contributed by atoms with Crippen molar-refractivity contribution in [3.8, 4) is 16.8 Å². The van der Waals surface area contributed by atoms with Crippen molar-refractivity contribution in [1.29, 1.82) is 0 Å². The molecule has 0 amide bonds. The van der Waals surface area contributed by atoms with Crippen molar-refractivity contribution in [2.75, 3.05) is 5.73 Å². The molecule has 0 saturated heterocycles. The second-order valence-electron chi connectivity index (χ2n) is 5.21. The Morgan fingerprint density at radius 3 is 2.39 bits per heavy atom. The smallest absolute Gasteiger partial charge is 0.150 e. The van der Waals surface area contributed by atoms with Crippen LogP contribution in [0.1, 0.15) is 0 Å². The number of halogens is 1. The summed E-state index contributed by atoms with van der Waals surface area (Å²) in [6.45, 7) is 0. The van der Waals surface area contributed by atoms with Gasteiger partial charge >= 0.3 is 0 Å². The van der Waals surface area contributed by atoms with E-state index in [1.54, 1.807) is 0 Å². The summed E-state index contributed by atoms with van der Waals surface area (Å²) in [4.78, 5) is 8.62. The third kappa shape index (κ3) is 2.46. The van der Waals surface area contributed by atoms with Crippen molar-refractivity contribution in [2.45, 2.75) is 0 Å². The van der Waals surface area contributed by atoms with E-state index in [9.17, 15) is 0 Å². The fourth-order valence-corrected chi connectivity index (χ4v) is 3.08. The second-order valence-corrected chi connectivity index (χ2v) is 6.46. The first-order chi connectivity index (χ1) is 11.2. The van der Waals surface area contributed by atoms with Crippen LogP contribution in [0.5, 0.6) is 0 Å². The lowest BCUT2D eigenvalue weighted by atomic mass is 10.1. The zero-order valence-corrected chi connectivity index (χ0v) is 14.3. The molecule has 2 aromatic carbocycles. The molecule has 0 bridgehead atoms. The number of nitrogens with zero attached hydrogens (tertiary/aromatic N) is 3. The van der Waals surface area contributed by atoms with E-state index in [1.165, 1.54) is 9.90 Å². The Labute approximate surface area is 147 Å². The van der Waals surface area contributed by atoms with E-state index in [1.807, 2.05) is 18.2 Å². The maximum atomic E-state index is 6.14. The van der Waals surface area contributed by atoms with Crippen molar-refractivity contribution >= 4 is 39.4 Å². The molecule has 0 aliphatic carbocycles. The molecule has 0 atom stereocenters. The van der Waals surface area contributed by atoms with E-state index < -0.39 is 0 Å². The lowest BCUT2D eigenvalue weighted by Gasteiger charge is -2.04. The SMILES string of the molecule is Nc1ncnc2c1c(-c1ccccc1)cn2-c1ccc(I)cc1. The lowest BCUT2D eigenvalue weighted by Crippen LogP contribution is -1.96. The molecule has 0 fully saturated rings. The highest BCUT2D eigenvalue weighted by Crippen LogP contribution is 2.34.